The van der Waals surface area contributed by atoms with Crippen LogP contribution in [0.4, 0.5) is 0 Å². The molecule has 0 radical (unpaired) electrons. The molecule has 144 valence electrons. The Bertz CT molecular complexity index is 720. The third-order valence-electron chi connectivity index (χ3n) is 5.09. The fourth-order valence-electron chi connectivity index (χ4n) is 3.53. The van der Waals surface area contributed by atoms with Crippen LogP contribution in [0.25, 0.3) is 11.5 Å². The van der Waals surface area contributed by atoms with Gasteiger partial charge in [-0.15, -0.1) is 0 Å². The normalized spacial score (nSPS) is 11.8. The quantitative estimate of drug-likeness (QED) is 0.349. The van der Waals surface area contributed by atoms with Crippen LogP contribution in [-0.4, -0.2) is 26.7 Å². The van der Waals surface area contributed by atoms with Crippen LogP contribution in [0.3, 0.4) is 0 Å². The van der Waals surface area contributed by atoms with Crippen LogP contribution in [0, 0.1) is 0 Å². The van der Waals surface area contributed by atoms with Crippen molar-refractivity contribution in [1.82, 2.24) is 8.00 Å². The first kappa shape index (κ1) is 21.5. The Labute approximate surface area is 166 Å². The van der Waals surface area contributed by atoms with Gasteiger partial charge in [0.15, 0.2) is 0 Å². The molecule has 0 unspecified atom stereocenters. The molecule has 6 heteroatoms. The van der Waals surface area contributed by atoms with Crippen molar-refractivity contribution in [3.8, 4) is 11.5 Å². The summed E-state index contributed by atoms with van der Waals surface area (Å²) in [5.41, 5.74) is 0.701. The Kier molecular flexibility index (Phi) is 8.74. The summed E-state index contributed by atoms with van der Waals surface area (Å²) in [5, 5.41) is 5.29. The maximum absolute atomic E-state index is 12.8. The van der Waals surface area contributed by atoms with E-state index < -0.39 is 18.7 Å². The molecule has 0 atom stereocenters. The van der Waals surface area contributed by atoms with Crippen molar-refractivity contribution >= 4 is 30.3 Å². The van der Waals surface area contributed by atoms with Crippen molar-refractivity contribution in [3.63, 3.8) is 0 Å². The van der Waals surface area contributed by atoms with E-state index in [2.05, 4.69) is 20.8 Å². The molecule has 1 aromatic carbocycles. The van der Waals surface area contributed by atoms with Crippen molar-refractivity contribution in [2.45, 2.75) is 72.6 Å². The molecule has 0 saturated heterocycles. The Morgan fingerprint density at radius 1 is 1.00 bits per heavy atom. The van der Waals surface area contributed by atoms with E-state index in [0.717, 1.165) is 19.3 Å². The minimum atomic E-state index is -2.97. The van der Waals surface area contributed by atoms with Crippen LogP contribution in [0.15, 0.2) is 33.5 Å². The first-order valence-corrected chi connectivity index (χ1v) is 17.6. The van der Waals surface area contributed by atoms with Gasteiger partial charge in [0, 0.05) is 0 Å². The molecule has 0 saturated carbocycles. The van der Waals surface area contributed by atoms with Gasteiger partial charge in [0.2, 0.25) is 0 Å². The summed E-state index contributed by atoms with van der Waals surface area (Å²) in [4.78, 5) is 12.8. The summed E-state index contributed by atoms with van der Waals surface area (Å²) in [6.07, 6.45) is 6.97. The summed E-state index contributed by atoms with van der Waals surface area (Å²) < 4.78 is 10.9. The first-order valence-electron chi connectivity index (χ1n) is 9.93. The molecular weight excluding hydrogens is 454 g/mol. The van der Waals surface area contributed by atoms with Crippen LogP contribution >= 0.6 is 11.6 Å². The average molecular weight is 486 g/mol. The van der Waals surface area contributed by atoms with Crippen molar-refractivity contribution in [2.75, 3.05) is 0 Å². The van der Waals surface area contributed by atoms with Crippen LogP contribution in [-0.2, 0) is 0 Å². The molecule has 0 aliphatic rings. The van der Waals surface area contributed by atoms with E-state index in [1.807, 2.05) is 21.1 Å². The number of hydrogen-bond acceptors (Lipinski definition) is 3. The van der Waals surface area contributed by atoms with Gasteiger partial charge in [0.1, 0.15) is 0 Å². The van der Waals surface area contributed by atoms with Gasteiger partial charge >= 0.3 is 167 Å². The topological polar surface area (TPSA) is 48.0 Å². The van der Waals surface area contributed by atoms with Crippen LogP contribution < -0.4 is 5.76 Å². The van der Waals surface area contributed by atoms with Gasteiger partial charge in [-0.25, -0.2) is 0 Å². The zero-order valence-corrected chi connectivity index (χ0v) is 19.9. The standard InChI is InChI=1S/C8H5ClN2O2.3C4H9.Sn/c9-6-4-2-1-3-5(6)7-10-11-8(12)13-7;3*1-3-4-2;/h1-4H,(H,11,12);3*1,3-4H2,2H3;/q;;;;+1/p-1. The number of hydrogen-bond donors (Lipinski definition) is 0. The van der Waals surface area contributed by atoms with Gasteiger partial charge in [0.05, 0.1) is 0 Å². The summed E-state index contributed by atoms with van der Waals surface area (Å²) in [5.74, 6) is 0.0881. The summed E-state index contributed by atoms with van der Waals surface area (Å²) in [7, 11) is 0. The monoisotopic (exact) mass is 486 g/mol. The summed E-state index contributed by atoms with van der Waals surface area (Å²) in [6.45, 7) is 6.66. The number of benzene rings is 1. The third-order valence-corrected chi connectivity index (χ3v) is 19.8. The molecule has 0 aliphatic heterocycles. The molecule has 26 heavy (non-hydrogen) atoms. The molecule has 1 heterocycles. The Morgan fingerprint density at radius 2 is 1.54 bits per heavy atom. The summed E-state index contributed by atoms with van der Waals surface area (Å²) >= 11 is 3.32. The third kappa shape index (κ3) is 5.15. The van der Waals surface area contributed by atoms with Gasteiger partial charge < -0.3 is 0 Å². The van der Waals surface area contributed by atoms with Crippen LogP contribution in [0.5, 0.6) is 0 Å². The van der Waals surface area contributed by atoms with Gasteiger partial charge in [-0.3, -0.25) is 0 Å². The number of nitrogens with zero attached hydrogens (tertiary/aromatic N) is 2. The molecule has 1 aromatic heterocycles. The predicted molar refractivity (Wildman–Crippen MR) is 112 cm³/mol. The molecule has 4 nitrogen and oxygen atoms in total. The van der Waals surface area contributed by atoms with E-state index in [1.54, 1.807) is 6.07 Å². The molecule has 0 amide bonds. The van der Waals surface area contributed by atoms with E-state index in [1.165, 1.54) is 32.6 Å². The van der Waals surface area contributed by atoms with Gasteiger partial charge in [-0.1, -0.05) is 0 Å². The molecule has 2 rings (SSSR count). The molecule has 0 fully saturated rings. The van der Waals surface area contributed by atoms with Crippen molar-refractivity contribution in [2.24, 2.45) is 0 Å². The van der Waals surface area contributed by atoms with E-state index in [9.17, 15) is 4.79 Å². The van der Waals surface area contributed by atoms with Gasteiger partial charge in [-0.2, -0.15) is 0 Å². The zero-order chi connectivity index (χ0) is 19.0. The second-order valence-corrected chi connectivity index (χ2v) is 20.0. The Hall–Kier alpha value is -0.751. The zero-order valence-electron chi connectivity index (χ0n) is 16.3. The second-order valence-electron chi connectivity index (χ2n) is 7.10. The molecule has 2 aromatic rings. The van der Waals surface area contributed by atoms with Gasteiger partial charge in [-0.05, 0) is 0 Å². The van der Waals surface area contributed by atoms with E-state index >= 15 is 0 Å². The second kappa shape index (κ2) is 10.5. The number of rotatable bonds is 11. The Balaban J connectivity index is 2.49. The maximum atomic E-state index is 12.8. The van der Waals surface area contributed by atoms with Gasteiger partial charge in [0.25, 0.3) is 0 Å². The van der Waals surface area contributed by atoms with Crippen molar-refractivity contribution in [1.29, 1.82) is 0 Å². The molecule has 0 aliphatic carbocycles. The van der Waals surface area contributed by atoms with Crippen LogP contribution in [0.2, 0.25) is 18.3 Å². The minimum absolute atomic E-state index is 0.279. The average Bonchev–Trinajstić information content (AvgIpc) is 3.04. The van der Waals surface area contributed by atoms with E-state index in [0.29, 0.717) is 16.5 Å². The number of unbranched alkanes of at least 4 members (excludes halogenated alkanes) is 3. The van der Waals surface area contributed by atoms with Crippen LogP contribution in [0.1, 0.15) is 59.3 Å². The molecule has 0 N–H and O–H groups in total. The summed E-state index contributed by atoms with van der Waals surface area (Å²) in [6, 6.07) is 7.42. The molecule has 0 spiro atoms. The molecular formula is C20H31ClN2O2Sn. The van der Waals surface area contributed by atoms with Crippen molar-refractivity contribution in [3.05, 3.63) is 39.8 Å². The molecule has 0 bridgehead atoms. The van der Waals surface area contributed by atoms with E-state index in [-0.39, 0.29) is 5.76 Å². The number of aromatic nitrogens is 2. The predicted octanol–water partition coefficient (Wildman–Crippen LogP) is 6.35. The first-order chi connectivity index (χ1) is 12.6. The van der Waals surface area contributed by atoms with E-state index in [4.69, 9.17) is 21.1 Å². The number of halogens is 1. The fourth-order valence-corrected chi connectivity index (χ4v) is 18.5. The van der Waals surface area contributed by atoms with Crippen molar-refractivity contribution < 1.29 is 4.42 Å². The SMILES string of the molecule is CCC[CH2][Sn]([CH2]CCC)([CH2]CCC)[n]1nc(-c2ccccc2Cl)oc1=O. The fraction of sp³-hybridized carbons (Fsp3) is 0.600. The Morgan fingerprint density at radius 3 is 2.04 bits per heavy atom.